The van der Waals surface area contributed by atoms with Crippen molar-refractivity contribution in [1.29, 1.82) is 0 Å². The quantitative estimate of drug-likeness (QED) is 0.792. The molecule has 2 N–H and O–H groups in total. The van der Waals surface area contributed by atoms with E-state index in [-0.39, 0.29) is 17.7 Å². The van der Waals surface area contributed by atoms with E-state index >= 15 is 0 Å². The van der Waals surface area contributed by atoms with Crippen LogP contribution in [0.3, 0.4) is 0 Å². The molecular formula is C13H25N3O2. The van der Waals surface area contributed by atoms with Crippen molar-refractivity contribution in [2.75, 3.05) is 26.2 Å². The average Bonchev–Trinajstić information content (AvgIpc) is 2.37. The van der Waals surface area contributed by atoms with Crippen LogP contribution in [0.5, 0.6) is 0 Å². The summed E-state index contributed by atoms with van der Waals surface area (Å²) in [6.07, 6.45) is 1.47. The fourth-order valence-corrected chi connectivity index (χ4v) is 2.04. The third-order valence-electron chi connectivity index (χ3n) is 3.41. The summed E-state index contributed by atoms with van der Waals surface area (Å²) in [6.45, 7) is 8.38. The summed E-state index contributed by atoms with van der Waals surface area (Å²) in [6, 6.07) is -0.428. The molecular weight excluding hydrogens is 230 g/mol. The van der Waals surface area contributed by atoms with E-state index in [1.807, 2.05) is 25.7 Å². The third-order valence-corrected chi connectivity index (χ3v) is 3.41. The average molecular weight is 255 g/mol. The minimum absolute atomic E-state index is 0.00703. The lowest BCUT2D eigenvalue weighted by Gasteiger charge is -2.36. The van der Waals surface area contributed by atoms with Gasteiger partial charge in [0.2, 0.25) is 11.8 Å². The lowest BCUT2D eigenvalue weighted by atomic mass is 10.0. The Hall–Kier alpha value is -1.10. The second-order valence-electron chi connectivity index (χ2n) is 5.23. The molecule has 0 radical (unpaired) electrons. The lowest BCUT2D eigenvalue weighted by Crippen LogP contribution is -2.55. The van der Waals surface area contributed by atoms with Gasteiger partial charge >= 0.3 is 0 Å². The van der Waals surface area contributed by atoms with E-state index < -0.39 is 6.04 Å². The molecule has 0 unspecified atom stereocenters. The van der Waals surface area contributed by atoms with Crippen LogP contribution in [0.1, 0.15) is 33.6 Å². The van der Waals surface area contributed by atoms with Crippen molar-refractivity contribution in [2.45, 2.75) is 39.7 Å². The zero-order chi connectivity index (χ0) is 13.7. The standard InChI is InChI=1S/C13H25N3O2/c1-4-5-11(17)15-6-8-16(9-7-15)13(18)12(14)10(2)3/h10,12H,4-9,14H2,1-3H3/t12-/m0/s1. The number of hydrogen-bond donors (Lipinski definition) is 1. The maximum absolute atomic E-state index is 12.0. The number of rotatable bonds is 4. The number of piperazine rings is 1. The normalized spacial score (nSPS) is 18.1. The summed E-state index contributed by atoms with van der Waals surface area (Å²) in [5.74, 6) is 0.350. The first-order valence-electron chi connectivity index (χ1n) is 6.79. The predicted molar refractivity (Wildman–Crippen MR) is 70.9 cm³/mol. The summed E-state index contributed by atoms with van der Waals surface area (Å²) in [7, 11) is 0. The Bertz CT molecular complexity index is 297. The molecule has 0 bridgehead atoms. The van der Waals surface area contributed by atoms with E-state index in [1.165, 1.54) is 0 Å². The van der Waals surface area contributed by atoms with Crippen LogP contribution in [0.4, 0.5) is 0 Å². The molecule has 1 atom stereocenters. The van der Waals surface area contributed by atoms with Gasteiger partial charge < -0.3 is 15.5 Å². The molecule has 1 aliphatic rings. The van der Waals surface area contributed by atoms with Crippen molar-refractivity contribution in [2.24, 2.45) is 11.7 Å². The van der Waals surface area contributed by atoms with E-state index in [9.17, 15) is 9.59 Å². The SMILES string of the molecule is CCCC(=O)N1CCN(C(=O)[C@@H](N)C(C)C)CC1. The van der Waals surface area contributed by atoms with Gasteiger partial charge in [-0.05, 0) is 12.3 Å². The highest BCUT2D eigenvalue weighted by Gasteiger charge is 2.27. The molecule has 0 aliphatic carbocycles. The molecule has 18 heavy (non-hydrogen) atoms. The van der Waals surface area contributed by atoms with Crippen molar-refractivity contribution >= 4 is 11.8 Å². The molecule has 0 spiro atoms. The zero-order valence-electron chi connectivity index (χ0n) is 11.7. The van der Waals surface area contributed by atoms with Crippen LogP contribution in [0.15, 0.2) is 0 Å². The van der Waals surface area contributed by atoms with Crippen molar-refractivity contribution in [3.05, 3.63) is 0 Å². The Morgan fingerprint density at radius 2 is 1.61 bits per heavy atom. The maximum atomic E-state index is 12.0. The molecule has 5 heteroatoms. The fraction of sp³-hybridized carbons (Fsp3) is 0.846. The highest BCUT2D eigenvalue weighted by Crippen LogP contribution is 2.09. The molecule has 1 fully saturated rings. The Morgan fingerprint density at radius 3 is 2.06 bits per heavy atom. The van der Waals surface area contributed by atoms with Crippen LogP contribution in [0, 0.1) is 5.92 Å². The van der Waals surface area contributed by atoms with Crippen LogP contribution in [0.2, 0.25) is 0 Å². The van der Waals surface area contributed by atoms with Gasteiger partial charge in [0.25, 0.3) is 0 Å². The Labute approximate surface area is 109 Å². The van der Waals surface area contributed by atoms with Gasteiger partial charge in [0, 0.05) is 32.6 Å². The van der Waals surface area contributed by atoms with Crippen LogP contribution in [0.25, 0.3) is 0 Å². The number of carbonyl (C=O) groups is 2. The van der Waals surface area contributed by atoms with Gasteiger partial charge in [-0.25, -0.2) is 0 Å². The lowest BCUT2D eigenvalue weighted by molar-refractivity contribution is -0.140. The van der Waals surface area contributed by atoms with Crippen LogP contribution < -0.4 is 5.73 Å². The zero-order valence-corrected chi connectivity index (χ0v) is 11.7. The summed E-state index contributed by atoms with van der Waals surface area (Å²) in [4.78, 5) is 27.4. The second-order valence-corrected chi connectivity index (χ2v) is 5.23. The number of carbonyl (C=O) groups excluding carboxylic acids is 2. The largest absolute Gasteiger partial charge is 0.339 e. The fourth-order valence-electron chi connectivity index (χ4n) is 2.04. The highest BCUT2D eigenvalue weighted by molar-refractivity contribution is 5.82. The van der Waals surface area contributed by atoms with Gasteiger partial charge in [-0.1, -0.05) is 20.8 Å². The summed E-state index contributed by atoms with van der Waals surface area (Å²) in [5, 5.41) is 0. The van der Waals surface area contributed by atoms with Gasteiger partial charge in [-0.15, -0.1) is 0 Å². The number of nitrogens with zero attached hydrogens (tertiary/aromatic N) is 2. The van der Waals surface area contributed by atoms with Crippen LogP contribution >= 0.6 is 0 Å². The second kappa shape index (κ2) is 6.73. The molecule has 1 rings (SSSR count). The van der Waals surface area contributed by atoms with E-state index in [2.05, 4.69) is 0 Å². The van der Waals surface area contributed by atoms with Crippen molar-refractivity contribution in [3.8, 4) is 0 Å². The Morgan fingerprint density at radius 1 is 1.11 bits per heavy atom. The molecule has 104 valence electrons. The number of nitrogens with two attached hydrogens (primary N) is 1. The van der Waals surface area contributed by atoms with Gasteiger partial charge in [-0.2, -0.15) is 0 Å². The van der Waals surface area contributed by atoms with Gasteiger partial charge in [0.05, 0.1) is 6.04 Å². The topological polar surface area (TPSA) is 66.6 Å². The third kappa shape index (κ3) is 3.70. The Kier molecular flexibility index (Phi) is 5.59. The predicted octanol–water partition coefficient (Wildman–Crippen LogP) is 0.441. The van der Waals surface area contributed by atoms with E-state index in [4.69, 9.17) is 5.73 Å². The molecule has 1 aliphatic heterocycles. The van der Waals surface area contributed by atoms with Crippen molar-refractivity contribution < 1.29 is 9.59 Å². The van der Waals surface area contributed by atoms with Gasteiger partial charge in [-0.3, -0.25) is 9.59 Å². The molecule has 0 aromatic heterocycles. The van der Waals surface area contributed by atoms with Crippen LogP contribution in [-0.4, -0.2) is 53.8 Å². The van der Waals surface area contributed by atoms with Crippen molar-refractivity contribution in [3.63, 3.8) is 0 Å². The first-order valence-corrected chi connectivity index (χ1v) is 6.79. The smallest absolute Gasteiger partial charge is 0.239 e. The molecule has 0 aromatic rings. The molecule has 5 nitrogen and oxygen atoms in total. The van der Waals surface area contributed by atoms with Crippen LogP contribution in [-0.2, 0) is 9.59 Å². The minimum Gasteiger partial charge on any atom is -0.339 e. The van der Waals surface area contributed by atoms with Crippen molar-refractivity contribution in [1.82, 2.24) is 9.80 Å². The molecule has 0 aromatic carbocycles. The van der Waals surface area contributed by atoms with E-state index in [0.717, 1.165) is 6.42 Å². The first kappa shape index (κ1) is 15.0. The summed E-state index contributed by atoms with van der Waals surface area (Å²) >= 11 is 0. The van der Waals surface area contributed by atoms with Gasteiger partial charge in [0.1, 0.15) is 0 Å². The summed E-state index contributed by atoms with van der Waals surface area (Å²) in [5.41, 5.74) is 5.86. The molecule has 1 saturated heterocycles. The van der Waals surface area contributed by atoms with Gasteiger partial charge in [0.15, 0.2) is 0 Å². The first-order chi connectivity index (χ1) is 8.47. The maximum Gasteiger partial charge on any atom is 0.239 e. The molecule has 1 heterocycles. The molecule has 2 amide bonds. The Balaban J connectivity index is 2.44. The highest BCUT2D eigenvalue weighted by atomic mass is 16.2. The summed E-state index contributed by atoms with van der Waals surface area (Å²) < 4.78 is 0. The minimum atomic E-state index is -0.428. The molecule has 0 saturated carbocycles. The monoisotopic (exact) mass is 255 g/mol. The number of hydrogen-bond acceptors (Lipinski definition) is 3. The van der Waals surface area contributed by atoms with E-state index in [0.29, 0.717) is 32.6 Å². The number of amides is 2. The van der Waals surface area contributed by atoms with E-state index in [1.54, 1.807) is 4.90 Å².